The number of carbonyl (C=O) groups excluding carboxylic acids is 1. The molecule has 31 heavy (non-hydrogen) atoms. The SMILES string of the molecule is O=C(Nc1c(Br)cc([N+](=O)[O-])cc1Br)c1ccc(COc2c(F)c(F)cc(F)c2F)o1. The fourth-order valence-electron chi connectivity index (χ4n) is 2.36. The lowest BCUT2D eigenvalue weighted by molar-refractivity contribution is -0.385. The Morgan fingerprint density at radius 1 is 1.06 bits per heavy atom. The van der Waals surface area contributed by atoms with Gasteiger partial charge < -0.3 is 14.5 Å². The monoisotopic (exact) mass is 566 g/mol. The Bertz CT molecular complexity index is 1150. The zero-order chi connectivity index (χ0) is 22.9. The summed E-state index contributed by atoms with van der Waals surface area (Å²) in [5, 5.41) is 13.3. The number of anilines is 1. The number of furan rings is 1. The average Bonchev–Trinajstić information content (AvgIpc) is 3.18. The zero-order valence-electron chi connectivity index (χ0n) is 14.9. The Hall–Kier alpha value is -2.93. The molecule has 1 amide bonds. The Kier molecular flexibility index (Phi) is 6.65. The third kappa shape index (κ3) is 4.88. The lowest BCUT2D eigenvalue weighted by Crippen LogP contribution is -2.12. The van der Waals surface area contributed by atoms with Gasteiger partial charge in [-0.25, -0.2) is 8.78 Å². The topological polar surface area (TPSA) is 94.6 Å². The summed E-state index contributed by atoms with van der Waals surface area (Å²) in [6.07, 6.45) is 0. The molecule has 13 heteroatoms. The van der Waals surface area contributed by atoms with E-state index in [2.05, 4.69) is 37.2 Å². The molecule has 0 radical (unpaired) electrons. The molecule has 0 saturated heterocycles. The van der Waals surface area contributed by atoms with E-state index in [0.29, 0.717) is 0 Å². The van der Waals surface area contributed by atoms with Crippen LogP contribution in [-0.2, 0) is 6.61 Å². The molecule has 0 saturated carbocycles. The van der Waals surface area contributed by atoms with E-state index >= 15 is 0 Å². The highest BCUT2D eigenvalue weighted by atomic mass is 79.9. The summed E-state index contributed by atoms with van der Waals surface area (Å²) in [5.41, 5.74) is -0.0355. The van der Waals surface area contributed by atoms with Gasteiger partial charge in [0.25, 0.3) is 11.6 Å². The molecule has 0 aliphatic rings. The van der Waals surface area contributed by atoms with Gasteiger partial charge in [-0.15, -0.1) is 0 Å². The minimum atomic E-state index is -1.71. The first-order valence-corrected chi connectivity index (χ1v) is 9.66. The van der Waals surface area contributed by atoms with Crippen LogP contribution in [0.4, 0.5) is 28.9 Å². The van der Waals surface area contributed by atoms with Crippen LogP contribution in [0.15, 0.2) is 43.7 Å². The summed E-state index contributed by atoms with van der Waals surface area (Å²) >= 11 is 6.23. The number of rotatable bonds is 6. The summed E-state index contributed by atoms with van der Waals surface area (Å²) in [7, 11) is 0. The molecule has 1 aromatic heterocycles. The van der Waals surface area contributed by atoms with Crippen molar-refractivity contribution in [3.63, 3.8) is 0 Å². The largest absolute Gasteiger partial charge is 0.479 e. The molecule has 2 aromatic carbocycles. The van der Waals surface area contributed by atoms with E-state index in [1.54, 1.807) is 0 Å². The number of benzene rings is 2. The van der Waals surface area contributed by atoms with Crippen LogP contribution >= 0.6 is 31.9 Å². The van der Waals surface area contributed by atoms with Crippen molar-refractivity contribution in [3.05, 3.63) is 84.2 Å². The van der Waals surface area contributed by atoms with E-state index < -0.39 is 46.5 Å². The predicted octanol–water partition coefficient (Wildman–Crippen LogP) is 6.10. The molecule has 3 aromatic rings. The molecular weight excluding hydrogens is 560 g/mol. The standard InChI is InChI=1S/C18H8Br2F4N2O5/c19-9-3-7(26(28)29)4-10(20)16(9)25-18(27)13-2-1-8(31-13)6-30-17-14(23)11(21)5-12(22)15(17)24/h1-5H,6H2,(H,25,27). The quantitative estimate of drug-likeness (QED) is 0.168. The molecule has 1 heterocycles. The Labute approximate surface area is 187 Å². The number of nitro groups is 1. The molecule has 7 nitrogen and oxygen atoms in total. The molecule has 0 atom stereocenters. The number of nitrogens with one attached hydrogen (secondary N) is 1. The first-order valence-electron chi connectivity index (χ1n) is 8.07. The molecule has 0 fully saturated rings. The van der Waals surface area contributed by atoms with Gasteiger partial charge in [-0.1, -0.05) is 0 Å². The number of nitrogens with zero attached hydrogens (tertiary/aromatic N) is 1. The van der Waals surface area contributed by atoms with E-state index in [1.165, 1.54) is 24.3 Å². The highest BCUT2D eigenvalue weighted by Crippen LogP contribution is 2.35. The van der Waals surface area contributed by atoms with Crippen molar-refractivity contribution in [2.75, 3.05) is 5.32 Å². The first kappa shape index (κ1) is 22.7. The van der Waals surface area contributed by atoms with Crippen molar-refractivity contribution in [1.82, 2.24) is 0 Å². The summed E-state index contributed by atoms with van der Waals surface area (Å²) < 4.78 is 64.1. The molecule has 162 valence electrons. The lowest BCUT2D eigenvalue weighted by atomic mass is 10.2. The van der Waals surface area contributed by atoms with E-state index in [0.717, 1.165) is 0 Å². The predicted molar refractivity (Wildman–Crippen MR) is 106 cm³/mol. The van der Waals surface area contributed by atoms with Crippen LogP contribution in [0.1, 0.15) is 16.3 Å². The molecule has 0 bridgehead atoms. The number of carbonyl (C=O) groups is 1. The van der Waals surface area contributed by atoms with Crippen LogP contribution in [0.5, 0.6) is 5.75 Å². The van der Waals surface area contributed by atoms with Crippen LogP contribution < -0.4 is 10.1 Å². The van der Waals surface area contributed by atoms with Crippen molar-refractivity contribution < 1.29 is 36.4 Å². The van der Waals surface area contributed by atoms with Crippen molar-refractivity contribution in [2.24, 2.45) is 0 Å². The number of nitro benzene ring substituents is 1. The lowest BCUT2D eigenvalue weighted by Gasteiger charge is -2.09. The minimum absolute atomic E-state index is 0.0430. The second-order valence-corrected chi connectivity index (χ2v) is 7.56. The van der Waals surface area contributed by atoms with Crippen molar-refractivity contribution >= 4 is 49.1 Å². The van der Waals surface area contributed by atoms with Gasteiger partial charge in [0, 0.05) is 27.1 Å². The second kappa shape index (κ2) is 9.06. The molecule has 1 N–H and O–H groups in total. The fourth-order valence-corrected chi connectivity index (χ4v) is 3.72. The molecule has 3 rings (SSSR count). The van der Waals surface area contributed by atoms with E-state index in [4.69, 9.17) is 9.15 Å². The van der Waals surface area contributed by atoms with Gasteiger partial charge in [0.05, 0.1) is 10.6 Å². The average molecular weight is 568 g/mol. The van der Waals surface area contributed by atoms with Crippen LogP contribution in [0, 0.1) is 33.4 Å². The Morgan fingerprint density at radius 3 is 2.19 bits per heavy atom. The van der Waals surface area contributed by atoms with Crippen LogP contribution in [-0.4, -0.2) is 10.8 Å². The van der Waals surface area contributed by atoms with Gasteiger partial charge in [-0.2, -0.15) is 8.78 Å². The fraction of sp³-hybridized carbons (Fsp3) is 0.0556. The smallest absolute Gasteiger partial charge is 0.291 e. The van der Waals surface area contributed by atoms with E-state index in [-0.39, 0.29) is 37.9 Å². The normalized spacial score (nSPS) is 10.8. The third-order valence-corrected chi connectivity index (χ3v) is 5.04. The highest BCUT2D eigenvalue weighted by molar-refractivity contribution is 9.11. The molecule has 0 spiro atoms. The van der Waals surface area contributed by atoms with E-state index in [9.17, 15) is 32.5 Å². The highest BCUT2D eigenvalue weighted by Gasteiger charge is 2.22. The summed E-state index contributed by atoms with van der Waals surface area (Å²) in [6, 6.07) is 4.88. The maximum Gasteiger partial charge on any atom is 0.291 e. The van der Waals surface area contributed by atoms with Gasteiger partial charge in [-0.3, -0.25) is 14.9 Å². The van der Waals surface area contributed by atoms with Crippen LogP contribution in [0.2, 0.25) is 0 Å². The van der Waals surface area contributed by atoms with E-state index in [1.807, 2.05) is 0 Å². The number of ether oxygens (including phenoxy) is 1. The van der Waals surface area contributed by atoms with Gasteiger partial charge in [0.15, 0.2) is 23.1 Å². The van der Waals surface area contributed by atoms with Gasteiger partial charge in [0.2, 0.25) is 11.6 Å². The third-order valence-electron chi connectivity index (χ3n) is 3.79. The van der Waals surface area contributed by atoms with Crippen molar-refractivity contribution in [1.29, 1.82) is 0 Å². The Morgan fingerprint density at radius 2 is 1.65 bits per heavy atom. The maximum absolute atomic E-state index is 13.6. The number of halogens is 6. The summed E-state index contributed by atoms with van der Waals surface area (Å²) in [6.45, 7) is -0.630. The van der Waals surface area contributed by atoms with Crippen molar-refractivity contribution in [2.45, 2.75) is 6.61 Å². The van der Waals surface area contributed by atoms with Crippen LogP contribution in [0.25, 0.3) is 0 Å². The number of hydrogen-bond donors (Lipinski definition) is 1. The van der Waals surface area contributed by atoms with Gasteiger partial charge >= 0.3 is 0 Å². The summed E-state index contributed by atoms with van der Waals surface area (Å²) in [5.74, 6) is -9.01. The number of hydrogen-bond acceptors (Lipinski definition) is 5. The van der Waals surface area contributed by atoms with Gasteiger partial charge in [-0.05, 0) is 44.0 Å². The zero-order valence-corrected chi connectivity index (χ0v) is 18.0. The molecule has 0 aliphatic carbocycles. The van der Waals surface area contributed by atoms with Gasteiger partial charge in [0.1, 0.15) is 12.4 Å². The number of non-ortho nitro benzene ring substituents is 1. The van der Waals surface area contributed by atoms with Crippen molar-refractivity contribution in [3.8, 4) is 5.75 Å². The molecule has 0 unspecified atom stereocenters. The molecule has 0 aliphatic heterocycles. The second-order valence-electron chi connectivity index (χ2n) is 5.85. The number of amides is 1. The maximum atomic E-state index is 13.6. The first-order chi connectivity index (χ1) is 14.6. The van der Waals surface area contributed by atoms with Crippen LogP contribution in [0.3, 0.4) is 0 Å². The Balaban J connectivity index is 1.73. The minimum Gasteiger partial charge on any atom is -0.479 e. The molecular formula is C18H8Br2F4N2O5. The summed E-state index contributed by atoms with van der Waals surface area (Å²) in [4.78, 5) is 22.6.